The van der Waals surface area contributed by atoms with Crippen LogP contribution in [0.2, 0.25) is 0 Å². The van der Waals surface area contributed by atoms with Crippen molar-refractivity contribution < 1.29 is 19.9 Å². The molecule has 0 atom stereocenters. The Bertz CT molecular complexity index is 759. The van der Waals surface area contributed by atoms with Crippen LogP contribution in [0.15, 0.2) is 53.6 Å². The largest absolute Gasteiger partial charge is 0.507 e. The maximum absolute atomic E-state index is 12.0. The van der Waals surface area contributed by atoms with Crippen LogP contribution in [0.25, 0.3) is 0 Å². The third-order valence-electron chi connectivity index (χ3n) is 2.96. The standard InChI is InChI=1S/C15H13N3O4.CH4O/c1-10(11-6-3-5-9-14(11)19)16-17-15(20)12-7-2-4-8-13(12)18(21)22;1-2/h2-9,19H,1H3,(H,17,20);2H,1H3/b16-10+;. The van der Waals surface area contributed by atoms with E-state index in [4.69, 9.17) is 5.11 Å². The number of carbonyl (C=O) groups is 1. The molecule has 2 aromatic rings. The number of nitro groups is 1. The molecule has 0 aliphatic rings. The summed E-state index contributed by atoms with van der Waals surface area (Å²) < 4.78 is 0. The molecule has 8 heteroatoms. The topological polar surface area (TPSA) is 125 Å². The highest BCUT2D eigenvalue weighted by atomic mass is 16.6. The van der Waals surface area contributed by atoms with Crippen molar-refractivity contribution in [2.45, 2.75) is 6.92 Å². The number of para-hydroxylation sites is 2. The van der Waals surface area contributed by atoms with Crippen LogP contribution in [0.5, 0.6) is 5.75 Å². The summed E-state index contributed by atoms with van der Waals surface area (Å²) in [5.74, 6) is -0.661. The van der Waals surface area contributed by atoms with E-state index in [2.05, 4.69) is 10.5 Å². The highest BCUT2D eigenvalue weighted by molar-refractivity contribution is 6.03. The number of carbonyl (C=O) groups excluding carboxylic acids is 1. The van der Waals surface area contributed by atoms with Gasteiger partial charge in [-0.1, -0.05) is 24.3 Å². The molecular formula is C16H17N3O5. The lowest BCUT2D eigenvalue weighted by Crippen LogP contribution is -2.20. The highest BCUT2D eigenvalue weighted by Crippen LogP contribution is 2.18. The van der Waals surface area contributed by atoms with E-state index in [0.29, 0.717) is 11.3 Å². The van der Waals surface area contributed by atoms with Gasteiger partial charge in [-0.3, -0.25) is 14.9 Å². The van der Waals surface area contributed by atoms with Crippen molar-refractivity contribution in [2.75, 3.05) is 7.11 Å². The molecule has 0 heterocycles. The number of rotatable bonds is 4. The van der Waals surface area contributed by atoms with E-state index in [-0.39, 0.29) is 17.0 Å². The molecule has 0 bridgehead atoms. The molecule has 0 aromatic heterocycles. The summed E-state index contributed by atoms with van der Waals surface area (Å²) in [5, 5.41) is 31.5. The number of nitrogens with one attached hydrogen (secondary N) is 1. The molecule has 0 aliphatic carbocycles. The summed E-state index contributed by atoms with van der Waals surface area (Å²) in [5.41, 5.74) is 2.72. The van der Waals surface area contributed by atoms with Crippen LogP contribution in [-0.4, -0.2) is 33.9 Å². The lowest BCUT2D eigenvalue weighted by atomic mass is 10.1. The lowest BCUT2D eigenvalue weighted by molar-refractivity contribution is -0.385. The van der Waals surface area contributed by atoms with Gasteiger partial charge in [0.2, 0.25) is 0 Å². The summed E-state index contributed by atoms with van der Waals surface area (Å²) >= 11 is 0. The molecule has 0 saturated heterocycles. The van der Waals surface area contributed by atoms with Gasteiger partial charge in [0.05, 0.1) is 10.6 Å². The van der Waals surface area contributed by atoms with Gasteiger partial charge in [-0.05, 0) is 25.1 Å². The van der Waals surface area contributed by atoms with Crippen LogP contribution < -0.4 is 5.43 Å². The maximum atomic E-state index is 12.0. The Balaban J connectivity index is 0.00000139. The first-order valence-corrected chi connectivity index (χ1v) is 6.82. The molecule has 3 N–H and O–H groups in total. The molecule has 2 aromatic carbocycles. The summed E-state index contributed by atoms with van der Waals surface area (Å²) in [6.07, 6.45) is 0. The monoisotopic (exact) mass is 331 g/mol. The molecule has 0 aliphatic heterocycles. The van der Waals surface area contributed by atoms with E-state index < -0.39 is 10.8 Å². The minimum absolute atomic E-state index is 0.0312. The molecule has 8 nitrogen and oxygen atoms in total. The van der Waals surface area contributed by atoms with Crippen molar-refractivity contribution in [1.82, 2.24) is 5.43 Å². The number of hydrogen-bond acceptors (Lipinski definition) is 6. The average Bonchev–Trinajstić information content (AvgIpc) is 2.61. The zero-order valence-electron chi connectivity index (χ0n) is 13.1. The number of hydrogen-bond donors (Lipinski definition) is 3. The lowest BCUT2D eigenvalue weighted by Gasteiger charge is -2.05. The zero-order valence-corrected chi connectivity index (χ0v) is 13.1. The number of nitrogens with zero attached hydrogens (tertiary/aromatic N) is 2. The second kappa shape index (κ2) is 9.01. The van der Waals surface area contributed by atoms with E-state index in [0.717, 1.165) is 7.11 Å². The molecule has 0 radical (unpaired) electrons. The number of benzene rings is 2. The summed E-state index contributed by atoms with van der Waals surface area (Å²) in [6, 6.07) is 12.1. The first-order chi connectivity index (χ1) is 11.5. The normalized spacial score (nSPS) is 10.4. The maximum Gasteiger partial charge on any atom is 0.282 e. The third-order valence-corrected chi connectivity index (χ3v) is 2.96. The van der Waals surface area contributed by atoms with Gasteiger partial charge in [-0.25, -0.2) is 5.43 Å². The van der Waals surface area contributed by atoms with Gasteiger partial charge in [0, 0.05) is 18.7 Å². The molecule has 0 fully saturated rings. The highest BCUT2D eigenvalue weighted by Gasteiger charge is 2.18. The number of phenols is 1. The fourth-order valence-electron chi connectivity index (χ4n) is 1.86. The van der Waals surface area contributed by atoms with Crippen molar-refractivity contribution >= 4 is 17.3 Å². The third kappa shape index (κ3) is 4.62. The second-order valence-corrected chi connectivity index (χ2v) is 4.43. The molecule has 1 amide bonds. The van der Waals surface area contributed by atoms with Gasteiger partial charge < -0.3 is 10.2 Å². The molecule has 126 valence electrons. The van der Waals surface area contributed by atoms with Crippen molar-refractivity contribution in [3.63, 3.8) is 0 Å². The Labute approximate surface area is 138 Å². The second-order valence-electron chi connectivity index (χ2n) is 4.43. The summed E-state index contributed by atoms with van der Waals surface area (Å²) in [4.78, 5) is 22.3. The van der Waals surface area contributed by atoms with E-state index in [1.807, 2.05) is 0 Å². The van der Waals surface area contributed by atoms with Crippen LogP contribution in [0, 0.1) is 10.1 Å². The van der Waals surface area contributed by atoms with E-state index in [1.54, 1.807) is 25.1 Å². The zero-order chi connectivity index (χ0) is 18.1. The van der Waals surface area contributed by atoms with Gasteiger partial charge in [0.15, 0.2) is 0 Å². The number of amides is 1. The predicted octanol–water partition coefficient (Wildman–Crippen LogP) is 2.06. The molecule has 0 saturated carbocycles. The van der Waals surface area contributed by atoms with Gasteiger partial charge in [0.1, 0.15) is 11.3 Å². The minimum Gasteiger partial charge on any atom is -0.507 e. The number of aromatic hydroxyl groups is 1. The fourth-order valence-corrected chi connectivity index (χ4v) is 1.86. The molecule has 24 heavy (non-hydrogen) atoms. The minimum atomic E-state index is -0.693. The van der Waals surface area contributed by atoms with Crippen molar-refractivity contribution in [3.8, 4) is 5.75 Å². The first kappa shape index (κ1) is 18.8. The van der Waals surface area contributed by atoms with Crippen molar-refractivity contribution in [1.29, 1.82) is 0 Å². The first-order valence-electron chi connectivity index (χ1n) is 6.82. The van der Waals surface area contributed by atoms with Crippen molar-refractivity contribution in [3.05, 3.63) is 69.8 Å². The van der Waals surface area contributed by atoms with Gasteiger partial charge in [-0.15, -0.1) is 0 Å². The smallest absolute Gasteiger partial charge is 0.282 e. The van der Waals surface area contributed by atoms with Gasteiger partial charge in [-0.2, -0.15) is 5.10 Å². The van der Waals surface area contributed by atoms with Crippen LogP contribution in [-0.2, 0) is 0 Å². The number of hydrazone groups is 1. The Morgan fingerprint density at radius 2 is 1.62 bits per heavy atom. The molecule has 2 rings (SSSR count). The molecule has 0 spiro atoms. The fraction of sp³-hybridized carbons (Fsp3) is 0.125. The van der Waals surface area contributed by atoms with Crippen LogP contribution in [0.4, 0.5) is 5.69 Å². The molecule has 0 unspecified atom stereocenters. The summed E-state index contributed by atoms with van der Waals surface area (Å²) in [7, 11) is 1.00. The van der Waals surface area contributed by atoms with Crippen LogP contribution >= 0.6 is 0 Å². The van der Waals surface area contributed by atoms with E-state index in [9.17, 15) is 20.0 Å². The Morgan fingerprint density at radius 1 is 1.08 bits per heavy atom. The van der Waals surface area contributed by atoms with Crippen molar-refractivity contribution in [2.24, 2.45) is 5.10 Å². The van der Waals surface area contributed by atoms with E-state index >= 15 is 0 Å². The number of aliphatic hydroxyl groups excluding tert-OH is 1. The molecular weight excluding hydrogens is 314 g/mol. The van der Waals surface area contributed by atoms with Crippen LogP contribution in [0.1, 0.15) is 22.8 Å². The Kier molecular flexibility index (Phi) is 7.05. The number of phenolic OH excluding ortho intramolecular Hbond substituents is 1. The van der Waals surface area contributed by atoms with Gasteiger partial charge in [0.25, 0.3) is 11.6 Å². The van der Waals surface area contributed by atoms with Gasteiger partial charge >= 0.3 is 0 Å². The Hall–Kier alpha value is -3.26. The van der Waals surface area contributed by atoms with Crippen LogP contribution in [0.3, 0.4) is 0 Å². The van der Waals surface area contributed by atoms with E-state index in [1.165, 1.54) is 30.3 Å². The predicted molar refractivity (Wildman–Crippen MR) is 89.0 cm³/mol. The number of nitro benzene ring substituents is 1. The summed E-state index contributed by atoms with van der Waals surface area (Å²) in [6.45, 7) is 1.61. The average molecular weight is 331 g/mol. The Morgan fingerprint density at radius 3 is 2.21 bits per heavy atom. The quantitative estimate of drug-likeness (QED) is 0.449. The number of aliphatic hydroxyl groups is 1. The SMILES string of the molecule is C/C(=N\NC(=O)c1ccccc1[N+](=O)[O-])c1ccccc1O.CO.